The molecule has 2 heterocycles. The van der Waals surface area contributed by atoms with Crippen LogP contribution in [-0.4, -0.2) is 30.5 Å². The molecule has 5 rings (SSSR count). The number of nitrogens with two attached hydrogens (primary N) is 1. The number of rotatable bonds is 8. The maximum absolute atomic E-state index is 6.19. The number of hydrogen-bond acceptors (Lipinski definition) is 5. The Morgan fingerprint density at radius 2 is 1.77 bits per heavy atom. The minimum atomic E-state index is -0.268. The molecule has 3 aliphatic rings. The predicted molar refractivity (Wildman–Crippen MR) is 120 cm³/mol. The average Bonchev–Trinajstić information content (AvgIpc) is 3.42. The minimum Gasteiger partial charge on any atom is -0.490 e. The molecule has 1 fully saturated rings. The first-order valence-corrected chi connectivity index (χ1v) is 11.1. The molecule has 0 radical (unpaired) electrons. The molecule has 2 aromatic rings. The number of hydrogen-bond donors (Lipinski definition) is 1. The van der Waals surface area contributed by atoms with E-state index in [4.69, 9.17) is 15.2 Å². The highest BCUT2D eigenvalue weighted by molar-refractivity contribution is 5.99. The topological polar surface area (TPSA) is 60.1 Å². The van der Waals surface area contributed by atoms with Gasteiger partial charge in [0.2, 0.25) is 0 Å². The SMILES string of the molecule is CC1(C)C(N)=Nc2cc(OCCCN3Cc4ccccc4C3)c(OCC3CC3)cc21. The molecule has 2 aromatic carbocycles. The minimum absolute atomic E-state index is 0.268. The summed E-state index contributed by atoms with van der Waals surface area (Å²) in [5.74, 6) is 2.95. The van der Waals surface area contributed by atoms with Gasteiger partial charge in [0.1, 0.15) is 5.84 Å². The Morgan fingerprint density at radius 3 is 2.47 bits per heavy atom. The van der Waals surface area contributed by atoms with E-state index in [-0.39, 0.29) is 5.41 Å². The Morgan fingerprint density at radius 1 is 1.07 bits per heavy atom. The summed E-state index contributed by atoms with van der Waals surface area (Å²) < 4.78 is 12.4. The van der Waals surface area contributed by atoms with Crippen LogP contribution < -0.4 is 15.2 Å². The van der Waals surface area contributed by atoms with E-state index >= 15 is 0 Å². The van der Waals surface area contributed by atoms with E-state index < -0.39 is 0 Å². The first-order valence-electron chi connectivity index (χ1n) is 11.1. The van der Waals surface area contributed by atoms with E-state index in [1.54, 1.807) is 0 Å². The standard InChI is InChI=1S/C25H31N3O2/c1-25(2)20-12-22(30-16-17-8-9-17)23(13-21(20)27-24(25)26)29-11-5-10-28-14-18-6-3-4-7-19(18)15-28/h3-4,6-7,12-13,17H,5,8-11,14-16H2,1-2H3,(H2,26,27). The number of amidine groups is 1. The third kappa shape index (κ3) is 3.79. The van der Waals surface area contributed by atoms with Crippen molar-refractivity contribution in [3.63, 3.8) is 0 Å². The van der Waals surface area contributed by atoms with Gasteiger partial charge in [-0.15, -0.1) is 0 Å². The second-order valence-corrected chi connectivity index (χ2v) is 9.37. The second kappa shape index (κ2) is 7.62. The van der Waals surface area contributed by atoms with Crippen LogP contribution in [0.15, 0.2) is 41.4 Å². The van der Waals surface area contributed by atoms with Crippen molar-refractivity contribution in [3.05, 3.63) is 53.1 Å². The van der Waals surface area contributed by atoms with Gasteiger partial charge in [-0.25, -0.2) is 4.99 Å². The Kier molecular flexibility index (Phi) is 4.94. The molecular weight excluding hydrogens is 374 g/mol. The summed E-state index contributed by atoms with van der Waals surface area (Å²) in [6.45, 7) is 8.73. The maximum atomic E-state index is 6.19. The molecule has 0 atom stereocenters. The molecule has 2 aliphatic heterocycles. The molecule has 0 unspecified atom stereocenters. The zero-order chi connectivity index (χ0) is 20.7. The predicted octanol–water partition coefficient (Wildman–Crippen LogP) is 4.54. The van der Waals surface area contributed by atoms with Gasteiger partial charge in [-0.3, -0.25) is 4.90 Å². The van der Waals surface area contributed by atoms with Crippen molar-refractivity contribution < 1.29 is 9.47 Å². The van der Waals surface area contributed by atoms with Gasteiger partial charge in [-0.2, -0.15) is 0 Å². The maximum Gasteiger partial charge on any atom is 0.163 e. The summed E-state index contributed by atoms with van der Waals surface area (Å²) in [7, 11) is 0. The molecule has 1 saturated carbocycles. The van der Waals surface area contributed by atoms with Gasteiger partial charge >= 0.3 is 0 Å². The quantitative estimate of drug-likeness (QED) is 0.655. The second-order valence-electron chi connectivity index (χ2n) is 9.37. The average molecular weight is 406 g/mol. The summed E-state index contributed by atoms with van der Waals surface area (Å²) >= 11 is 0. The van der Waals surface area contributed by atoms with Crippen molar-refractivity contribution in [2.24, 2.45) is 16.6 Å². The highest BCUT2D eigenvalue weighted by Crippen LogP contribution is 2.45. The fourth-order valence-electron chi connectivity index (χ4n) is 4.30. The number of nitrogens with zero attached hydrogens (tertiary/aromatic N) is 2. The number of ether oxygens (including phenoxy) is 2. The van der Waals surface area contributed by atoms with Crippen LogP contribution in [0, 0.1) is 5.92 Å². The Balaban J connectivity index is 1.23. The van der Waals surface area contributed by atoms with Crippen molar-refractivity contribution in [2.75, 3.05) is 19.8 Å². The van der Waals surface area contributed by atoms with Gasteiger partial charge < -0.3 is 15.2 Å². The van der Waals surface area contributed by atoms with Crippen molar-refractivity contribution >= 4 is 11.5 Å². The normalized spacial score (nSPS) is 19.3. The highest BCUT2D eigenvalue weighted by Gasteiger charge is 2.35. The van der Waals surface area contributed by atoms with Gasteiger partial charge in [0.05, 0.1) is 18.9 Å². The fraction of sp³-hybridized carbons (Fsp3) is 0.480. The largest absolute Gasteiger partial charge is 0.490 e. The van der Waals surface area contributed by atoms with Crippen molar-refractivity contribution in [3.8, 4) is 11.5 Å². The van der Waals surface area contributed by atoms with Gasteiger partial charge in [-0.1, -0.05) is 24.3 Å². The van der Waals surface area contributed by atoms with Gasteiger partial charge in [0, 0.05) is 31.1 Å². The highest BCUT2D eigenvalue weighted by atomic mass is 16.5. The molecule has 5 nitrogen and oxygen atoms in total. The van der Waals surface area contributed by atoms with Crippen LogP contribution in [0.1, 0.15) is 49.8 Å². The molecule has 158 valence electrons. The van der Waals surface area contributed by atoms with Crippen molar-refractivity contribution in [1.29, 1.82) is 0 Å². The van der Waals surface area contributed by atoms with Crippen molar-refractivity contribution in [2.45, 2.75) is 51.6 Å². The molecule has 30 heavy (non-hydrogen) atoms. The van der Waals surface area contributed by atoms with Crippen LogP contribution in [0.25, 0.3) is 0 Å². The summed E-state index contributed by atoms with van der Waals surface area (Å²) in [5, 5.41) is 0. The van der Waals surface area contributed by atoms with Gasteiger partial charge in [0.25, 0.3) is 0 Å². The molecule has 0 amide bonds. The van der Waals surface area contributed by atoms with Crippen LogP contribution in [0.4, 0.5) is 5.69 Å². The molecule has 0 saturated heterocycles. The fourth-order valence-corrected chi connectivity index (χ4v) is 4.30. The molecule has 0 bridgehead atoms. The molecule has 0 spiro atoms. The Hall–Kier alpha value is -2.53. The number of fused-ring (bicyclic) bond motifs is 2. The van der Waals surface area contributed by atoms with Crippen LogP contribution in [0.5, 0.6) is 11.5 Å². The monoisotopic (exact) mass is 405 g/mol. The summed E-state index contributed by atoms with van der Waals surface area (Å²) in [4.78, 5) is 7.06. The van der Waals surface area contributed by atoms with Crippen molar-refractivity contribution in [1.82, 2.24) is 4.90 Å². The molecule has 0 aromatic heterocycles. The number of aliphatic imine (C=N–C) groups is 1. The lowest BCUT2D eigenvalue weighted by Gasteiger charge is -2.21. The van der Waals surface area contributed by atoms with Crippen LogP contribution >= 0.6 is 0 Å². The van der Waals surface area contributed by atoms with E-state index in [9.17, 15) is 0 Å². The first-order chi connectivity index (χ1) is 14.5. The van der Waals surface area contributed by atoms with Crippen LogP contribution in [-0.2, 0) is 18.5 Å². The Labute approximate surface area is 178 Å². The summed E-state index contributed by atoms with van der Waals surface area (Å²) in [6, 6.07) is 12.8. The molecule has 5 heteroatoms. The lowest BCUT2D eigenvalue weighted by atomic mass is 9.85. The van der Waals surface area contributed by atoms with Gasteiger partial charge in [-0.05, 0) is 61.8 Å². The molecular formula is C25H31N3O2. The van der Waals surface area contributed by atoms with E-state index in [0.717, 1.165) is 55.4 Å². The lowest BCUT2D eigenvalue weighted by molar-refractivity contribution is 0.226. The summed E-state index contributed by atoms with van der Waals surface area (Å²) in [6.07, 6.45) is 3.51. The zero-order valence-electron chi connectivity index (χ0n) is 18.0. The van der Waals surface area contributed by atoms with Crippen LogP contribution in [0.2, 0.25) is 0 Å². The van der Waals surface area contributed by atoms with Crippen LogP contribution in [0.3, 0.4) is 0 Å². The lowest BCUT2D eigenvalue weighted by Crippen LogP contribution is -2.32. The van der Waals surface area contributed by atoms with E-state index in [2.05, 4.69) is 54.1 Å². The van der Waals surface area contributed by atoms with E-state index in [1.807, 2.05) is 6.07 Å². The van der Waals surface area contributed by atoms with Gasteiger partial charge in [0.15, 0.2) is 11.5 Å². The molecule has 2 N–H and O–H groups in total. The van der Waals surface area contributed by atoms with E-state index in [0.29, 0.717) is 18.4 Å². The third-order valence-electron chi connectivity index (χ3n) is 6.57. The molecule has 1 aliphatic carbocycles. The number of benzene rings is 2. The third-order valence-corrected chi connectivity index (χ3v) is 6.57. The Bertz CT molecular complexity index is 953. The zero-order valence-corrected chi connectivity index (χ0v) is 18.0. The van der Waals surface area contributed by atoms with E-state index in [1.165, 1.54) is 24.0 Å². The first kappa shape index (κ1) is 19.4. The summed E-state index contributed by atoms with van der Waals surface area (Å²) in [5.41, 5.74) is 10.8. The smallest absolute Gasteiger partial charge is 0.163 e.